The second-order valence-corrected chi connectivity index (χ2v) is 7.47. The average Bonchev–Trinajstić information content (AvgIpc) is 2.86. The number of hydrogen-bond acceptors (Lipinski definition) is 3. The topological polar surface area (TPSA) is 63.2 Å². The summed E-state index contributed by atoms with van der Waals surface area (Å²) in [7, 11) is -3.27. The molecule has 1 N–H and O–H groups in total. The summed E-state index contributed by atoms with van der Waals surface area (Å²) < 4.78 is 24.2. The van der Waals surface area contributed by atoms with Crippen molar-refractivity contribution in [1.82, 2.24) is 5.32 Å². The maximum absolute atomic E-state index is 12.1. The van der Waals surface area contributed by atoms with Crippen LogP contribution in [0.2, 0.25) is 0 Å². The Morgan fingerprint density at radius 1 is 1.19 bits per heavy atom. The van der Waals surface area contributed by atoms with Gasteiger partial charge in [0.05, 0.1) is 5.25 Å². The molecule has 0 aromatic carbocycles. The molecule has 2 rings (SSSR count). The zero-order valence-corrected chi connectivity index (χ0v) is 10.4. The lowest BCUT2D eigenvalue weighted by atomic mass is 10.4. The fourth-order valence-corrected chi connectivity index (χ4v) is 4.14. The molecule has 0 aromatic heterocycles. The summed E-state index contributed by atoms with van der Waals surface area (Å²) in [5.74, 6) is -0.311. The summed E-state index contributed by atoms with van der Waals surface area (Å²) in [6, 6.07) is 0.230. The monoisotopic (exact) mass is 245 g/mol. The number of sulfone groups is 1. The lowest BCUT2D eigenvalue weighted by Gasteiger charge is -2.17. The van der Waals surface area contributed by atoms with Crippen LogP contribution >= 0.6 is 0 Å². The zero-order valence-electron chi connectivity index (χ0n) is 9.61. The zero-order chi connectivity index (χ0) is 11.8. The Kier molecular flexibility index (Phi) is 3.24. The Labute approximate surface area is 96.7 Å². The van der Waals surface area contributed by atoms with E-state index in [9.17, 15) is 13.2 Å². The quantitative estimate of drug-likeness (QED) is 0.804. The number of amides is 1. The Balaban J connectivity index is 2.00. The Hall–Kier alpha value is -0.580. The van der Waals surface area contributed by atoms with Crippen LogP contribution in [0.3, 0.4) is 0 Å². The molecule has 2 aliphatic carbocycles. The van der Waals surface area contributed by atoms with Gasteiger partial charge in [-0.2, -0.15) is 0 Å². The molecular weight excluding hydrogens is 226 g/mol. The number of carbonyl (C=O) groups is 1. The molecule has 0 aromatic rings. The number of hydrogen-bond donors (Lipinski definition) is 1. The molecule has 1 amide bonds. The molecule has 16 heavy (non-hydrogen) atoms. The largest absolute Gasteiger partial charge is 0.352 e. The molecule has 0 radical (unpaired) electrons. The van der Waals surface area contributed by atoms with E-state index < -0.39 is 15.1 Å². The number of carbonyl (C=O) groups excluding carboxylic acids is 1. The van der Waals surface area contributed by atoms with E-state index in [1.165, 1.54) is 6.92 Å². The minimum Gasteiger partial charge on any atom is -0.352 e. The molecule has 0 unspecified atom stereocenters. The van der Waals surface area contributed by atoms with E-state index in [0.717, 1.165) is 38.5 Å². The molecule has 0 bridgehead atoms. The van der Waals surface area contributed by atoms with Crippen molar-refractivity contribution in [3.63, 3.8) is 0 Å². The van der Waals surface area contributed by atoms with E-state index in [0.29, 0.717) is 0 Å². The second kappa shape index (κ2) is 4.35. The van der Waals surface area contributed by atoms with E-state index in [1.54, 1.807) is 0 Å². The Bertz CT molecular complexity index is 367. The molecule has 2 fully saturated rings. The fourth-order valence-electron chi connectivity index (χ4n) is 2.20. The highest BCUT2D eigenvalue weighted by Gasteiger charge is 2.38. The van der Waals surface area contributed by atoms with Gasteiger partial charge >= 0.3 is 0 Å². The van der Waals surface area contributed by atoms with Gasteiger partial charge in [0.1, 0.15) is 5.25 Å². The van der Waals surface area contributed by atoms with Crippen LogP contribution in [0.25, 0.3) is 0 Å². The van der Waals surface area contributed by atoms with Crippen molar-refractivity contribution in [2.45, 2.75) is 62.0 Å². The molecule has 2 aliphatic rings. The molecule has 2 saturated carbocycles. The van der Waals surface area contributed by atoms with Gasteiger partial charge in [0.2, 0.25) is 5.91 Å². The molecule has 0 spiro atoms. The lowest BCUT2D eigenvalue weighted by Crippen LogP contribution is -2.42. The minimum absolute atomic E-state index is 0.230. The first-order valence-corrected chi connectivity index (χ1v) is 7.66. The highest BCUT2D eigenvalue weighted by Crippen LogP contribution is 2.28. The van der Waals surface area contributed by atoms with Gasteiger partial charge in [0.25, 0.3) is 0 Å². The third-order valence-electron chi connectivity index (χ3n) is 3.55. The van der Waals surface area contributed by atoms with E-state index in [2.05, 4.69) is 5.32 Å². The van der Waals surface area contributed by atoms with Crippen molar-refractivity contribution >= 4 is 15.7 Å². The number of nitrogens with one attached hydrogen (secondary N) is 1. The minimum atomic E-state index is -3.27. The van der Waals surface area contributed by atoms with Crippen molar-refractivity contribution in [3.8, 4) is 0 Å². The highest BCUT2D eigenvalue weighted by atomic mass is 32.2. The summed E-state index contributed by atoms with van der Waals surface area (Å²) in [5, 5.41) is 1.60. The van der Waals surface area contributed by atoms with Gasteiger partial charge in [-0.05, 0) is 32.6 Å². The van der Waals surface area contributed by atoms with Crippen molar-refractivity contribution in [2.75, 3.05) is 0 Å². The van der Waals surface area contributed by atoms with Gasteiger partial charge < -0.3 is 5.32 Å². The summed E-state index contributed by atoms with van der Waals surface area (Å²) >= 11 is 0. The van der Waals surface area contributed by atoms with Gasteiger partial charge in [-0.15, -0.1) is 0 Å². The normalized spacial score (nSPS) is 24.3. The van der Waals surface area contributed by atoms with Crippen molar-refractivity contribution < 1.29 is 13.2 Å². The van der Waals surface area contributed by atoms with Crippen LogP contribution < -0.4 is 5.32 Å². The van der Waals surface area contributed by atoms with Gasteiger partial charge in [-0.3, -0.25) is 4.79 Å². The van der Waals surface area contributed by atoms with Crippen LogP contribution in [-0.4, -0.2) is 30.9 Å². The van der Waals surface area contributed by atoms with Crippen molar-refractivity contribution in [3.05, 3.63) is 0 Å². The summed E-state index contributed by atoms with van der Waals surface area (Å²) in [6.07, 6.45) is 5.37. The van der Waals surface area contributed by atoms with Gasteiger partial charge in [-0.1, -0.05) is 12.8 Å². The van der Waals surface area contributed by atoms with E-state index in [-0.39, 0.29) is 17.2 Å². The van der Waals surface area contributed by atoms with Gasteiger partial charge in [0.15, 0.2) is 9.84 Å². The molecule has 0 heterocycles. The summed E-state index contributed by atoms with van der Waals surface area (Å²) in [6.45, 7) is 1.52. The van der Waals surface area contributed by atoms with Crippen molar-refractivity contribution in [1.29, 1.82) is 0 Å². The first-order valence-electron chi connectivity index (χ1n) is 6.05. The van der Waals surface area contributed by atoms with Crippen LogP contribution in [0.5, 0.6) is 0 Å². The Morgan fingerprint density at radius 3 is 2.25 bits per heavy atom. The standard InChI is InChI=1S/C11H19NO3S/c1-8(11(13)12-9-6-7-9)16(14,15)10-4-2-3-5-10/h8-10H,2-7H2,1H3,(H,12,13)/t8-/m0/s1. The smallest absolute Gasteiger partial charge is 0.238 e. The maximum Gasteiger partial charge on any atom is 0.238 e. The van der Waals surface area contributed by atoms with Gasteiger partial charge in [-0.25, -0.2) is 8.42 Å². The second-order valence-electron chi connectivity index (χ2n) is 4.92. The van der Waals surface area contributed by atoms with Crippen LogP contribution in [0.4, 0.5) is 0 Å². The van der Waals surface area contributed by atoms with Crippen LogP contribution in [0.15, 0.2) is 0 Å². The average molecular weight is 245 g/mol. The van der Waals surface area contributed by atoms with Gasteiger partial charge in [0, 0.05) is 6.04 Å². The predicted molar refractivity (Wildman–Crippen MR) is 61.8 cm³/mol. The van der Waals surface area contributed by atoms with Crippen LogP contribution in [-0.2, 0) is 14.6 Å². The lowest BCUT2D eigenvalue weighted by molar-refractivity contribution is -0.120. The third-order valence-corrected chi connectivity index (χ3v) is 6.15. The fraction of sp³-hybridized carbons (Fsp3) is 0.909. The first-order chi connectivity index (χ1) is 7.51. The predicted octanol–water partition coefficient (Wildman–Crippen LogP) is 1.01. The molecule has 0 saturated heterocycles. The molecule has 5 heteroatoms. The van der Waals surface area contributed by atoms with E-state index in [4.69, 9.17) is 0 Å². The van der Waals surface area contributed by atoms with E-state index >= 15 is 0 Å². The SMILES string of the molecule is C[C@@H](C(=O)NC1CC1)S(=O)(=O)C1CCCC1. The molecular formula is C11H19NO3S. The summed E-state index contributed by atoms with van der Waals surface area (Å²) in [5.41, 5.74) is 0. The first kappa shape index (κ1) is 11.9. The summed E-state index contributed by atoms with van der Waals surface area (Å²) in [4.78, 5) is 11.7. The van der Waals surface area contributed by atoms with Crippen LogP contribution in [0.1, 0.15) is 45.4 Å². The highest BCUT2D eigenvalue weighted by molar-refractivity contribution is 7.93. The van der Waals surface area contributed by atoms with Crippen LogP contribution in [0, 0.1) is 0 Å². The number of rotatable bonds is 4. The molecule has 1 atom stereocenters. The van der Waals surface area contributed by atoms with Crippen molar-refractivity contribution in [2.24, 2.45) is 0 Å². The molecule has 0 aliphatic heterocycles. The van der Waals surface area contributed by atoms with E-state index in [1.807, 2.05) is 0 Å². The molecule has 4 nitrogen and oxygen atoms in total. The molecule has 92 valence electrons. The third kappa shape index (κ3) is 2.39. The Morgan fingerprint density at radius 2 is 1.75 bits per heavy atom. The maximum atomic E-state index is 12.1.